The lowest BCUT2D eigenvalue weighted by molar-refractivity contribution is -0.121. The highest BCUT2D eigenvalue weighted by atomic mass is 35.5. The molecular formula is C26H28ClN3O3S. The number of halogens is 1. The number of benzene rings is 2. The maximum atomic E-state index is 12.5. The second-order valence-corrected chi connectivity index (χ2v) is 10.4. The smallest absolute Gasteiger partial charge is 0.236 e. The van der Waals surface area contributed by atoms with Gasteiger partial charge in [0.25, 0.3) is 0 Å². The summed E-state index contributed by atoms with van der Waals surface area (Å²) in [4.78, 5) is 31.2. The third-order valence-corrected chi connectivity index (χ3v) is 7.50. The summed E-state index contributed by atoms with van der Waals surface area (Å²) in [6.45, 7) is 8.20. The van der Waals surface area contributed by atoms with Crippen LogP contribution >= 0.6 is 22.9 Å². The summed E-state index contributed by atoms with van der Waals surface area (Å²) < 4.78 is 5.77. The molecule has 4 rings (SSSR count). The zero-order chi connectivity index (χ0) is 24.6. The fourth-order valence-corrected chi connectivity index (χ4v) is 5.04. The van der Waals surface area contributed by atoms with Crippen LogP contribution in [-0.4, -0.2) is 30.5 Å². The summed E-state index contributed by atoms with van der Waals surface area (Å²) >= 11 is 7.57. The Balaban J connectivity index is 1.33. The van der Waals surface area contributed by atoms with E-state index in [1.54, 1.807) is 11.9 Å². The van der Waals surface area contributed by atoms with Crippen LogP contribution < -0.4 is 15.0 Å². The number of amides is 2. The number of likely N-dealkylation sites (N-methyl/N-ethyl adjacent to an activating group) is 1. The number of nitrogens with one attached hydrogen (secondary N) is 1. The number of hydrogen-bond acceptors (Lipinski definition) is 5. The fraction of sp³-hybridized carbons (Fsp3) is 0.346. The van der Waals surface area contributed by atoms with Crippen LogP contribution in [0.2, 0.25) is 5.02 Å². The summed E-state index contributed by atoms with van der Waals surface area (Å²) in [6, 6.07) is 9.75. The molecule has 0 unspecified atom stereocenters. The van der Waals surface area contributed by atoms with E-state index in [9.17, 15) is 9.59 Å². The van der Waals surface area contributed by atoms with Crippen LogP contribution in [0.3, 0.4) is 0 Å². The van der Waals surface area contributed by atoms with Crippen LogP contribution in [0.1, 0.15) is 43.4 Å². The Morgan fingerprint density at radius 3 is 2.62 bits per heavy atom. The molecule has 1 aromatic heterocycles. The highest BCUT2D eigenvalue weighted by Gasteiger charge is 2.42. The number of aryl methyl sites for hydroxylation is 2. The standard InChI is InChI=1S/C26H28ClN3O3S/c1-15-11-18(12-16(2)23(15)27)33-10-6-7-22(31)29-25-28-20(14-34-25)17-8-9-21-19(13-17)26(3,4)24(32)30(21)5/h8-9,11-14H,6-7,10H2,1-5H3,(H,28,29,31). The van der Waals surface area contributed by atoms with Gasteiger partial charge in [0.1, 0.15) is 5.75 Å². The molecular weight excluding hydrogens is 470 g/mol. The van der Waals surface area contributed by atoms with Crippen molar-refractivity contribution in [3.63, 3.8) is 0 Å². The van der Waals surface area contributed by atoms with E-state index in [1.807, 2.05) is 63.4 Å². The number of anilines is 2. The Bertz CT molecular complexity index is 1240. The average molecular weight is 498 g/mol. The maximum Gasteiger partial charge on any atom is 0.236 e. The molecule has 6 nitrogen and oxygen atoms in total. The lowest BCUT2D eigenvalue weighted by Crippen LogP contribution is -2.33. The van der Waals surface area contributed by atoms with Crippen molar-refractivity contribution in [2.24, 2.45) is 0 Å². The Labute approximate surface area is 208 Å². The first-order valence-corrected chi connectivity index (χ1v) is 12.4. The number of ether oxygens (including phenoxy) is 1. The Kier molecular flexibility index (Phi) is 6.69. The first kappa shape index (κ1) is 24.2. The predicted octanol–water partition coefficient (Wildman–Crippen LogP) is 6.13. The molecule has 0 bridgehead atoms. The van der Waals surface area contributed by atoms with Gasteiger partial charge in [0.05, 0.1) is 17.7 Å². The molecule has 3 aromatic rings. The summed E-state index contributed by atoms with van der Waals surface area (Å²) in [7, 11) is 1.80. The van der Waals surface area contributed by atoms with E-state index < -0.39 is 5.41 Å². The van der Waals surface area contributed by atoms with Crippen molar-refractivity contribution < 1.29 is 14.3 Å². The average Bonchev–Trinajstić information content (AvgIpc) is 3.32. The van der Waals surface area contributed by atoms with Crippen LogP contribution in [0.15, 0.2) is 35.7 Å². The van der Waals surface area contributed by atoms with Crippen molar-refractivity contribution in [2.75, 3.05) is 23.9 Å². The third-order valence-electron chi connectivity index (χ3n) is 6.14. The number of rotatable bonds is 7. The molecule has 0 fully saturated rings. The summed E-state index contributed by atoms with van der Waals surface area (Å²) in [5.74, 6) is 0.737. The number of carbonyl (C=O) groups excluding carboxylic acids is 2. The quantitative estimate of drug-likeness (QED) is 0.398. The lowest BCUT2D eigenvalue weighted by atomic mass is 9.85. The zero-order valence-electron chi connectivity index (χ0n) is 20.0. The van der Waals surface area contributed by atoms with E-state index in [0.717, 1.165) is 44.4 Å². The van der Waals surface area contributed by atoms with Gasteiger partial charge in [0.15, 0.2) is 5.13 Å². The lowest BCUT2D eigenvalue weighted by Gasteiger charge is -2.16. The van der Waals surface area contributed by atoms with Gasteiger partial charge in [-0.15, -0.1) is 11.3 Å². The molecule has 34 heavy (non-hydrogen) atoms. The number of thiazole rings is 1. The topological polar surface area (TPSA) is 71.5 Å². The molecule has 0 saturated heterocycles. The molecule has 8 heteroatoms. The minimum absolute atomic E-state index is 0.0798. The number of aromatic nitrogens is 1. The highest BCUT2D eigenvalue weighted by Crippen LogP contribution is 2.42. The SMILES string of the molecule is Cc1cc(OCCCC(=O)Nc2nc(-c3ccc4c(c3)C(C)(C)C(=O)N4C)cs2)cc(C)c1Cl. The van der Waals surface area contributed by atoms with Crippen molar-refractivity contribution >= 4 is 45.6 Å². The van der Waals surface area contributed by atoms with Gasteiger partial charge >= 0.3 is 0 Å². The summed E-state index contributed by atoms with van der Waals surface area (Å²) in [5.41, 5.74) is 4.99. The molecule has 2 amide bonds. The first-order valence-electron chi connectivity index (χ1n) is 11.2. The third kappa shape index (κ3) is 4.68. The Morgan fingerprint density at radius 2 is 1.91 bits per heavy atom. The van der Waals surface area contributed by atoms with Crippen molar-refractivity contribution in [3.8, 4) is 17.0 Å². The van der Waals surface area contributed by atoms with Gasteiger partial charge < -0.3 is 15.0 Å². The van der Waals surface area contributed by atoms with Gasteiger partial charge in [0, 0.05) is 35.1 Å². The van der Waals surface area contributed by atoms with Gasteiger partial charge in [-0.1, -0.05) is 17.7 Å². The predicted molar refractivity (Wildman–Crippen MR) is 138 cm³/mol. The number of hydrogen-bond donors (Lipinski definition) is 1. The minimum Gasteiger partial charge on any atom is -0.494 e. The molecule has 1 aliphatic heterocycles. The molecule has 0 radical (unpaired) electrons. The van der Waals surface area contributed by atoms with Crippen molar-refractivity contribution in [2.45, 2.75) is 46.0 Å². The van der Waals surface area contributed by atoms with Crippen molar-refractivity contribution in [1.29, 1.82) is 0 Å². The Morgan fingerprint density at radius 1 is 1.21 bits per heavy atom. The van der Waals surface area contributed by atoms with E-state index in [0.29, 0.717) is 24.6 Å². The van der Waals surface area contributed by atoms with Crippen LogP contribution in [0.5, 0.6) is 5.75 Å². The molecule has 178 valence electrons. The number of fused-ring (bicyclic) bond motifs is 1. The molecule has 2 heterocycles. The van der Waals surface area contributed by atoms with Crippen LogP contribution in [0.4, 0.5) is 10.8 Å². The van der Waals surface area contributed by atoms with E-state index in [2.05, 4.69) is 10.3 Å². The van der Waals surface area contributed by atoms with E-state index >= 15 is 0 Å². The summed E-state index contributed by atoms with van der Waals surface area (Å²) in [6.07, 6.45) is 0.925. The normalized spacial score (nSPS) is 14.3. The monoisotopic (exact) mass is 497 g/mol. The first-order chi connectivity index (χ1) is 16.1. The van der Waals surface area contributed by atoms with Gasteiger partial charge in [-0.05, 0) is 75.1 Å². The molecule has 0 spiro atoms. The number of carbonyl (C=O) groups is 2. The second kappa shape index (κ2) is 9.39. The molecule has 2 aromatic carbocycles. The van der Waals surface area contributed by atoms with Crippen LogP contribution in [0, 0.1) is 13.8 Å². The molecule has 0 atom stereocenters. The zero-order valence-corrected chi connectivity index (χ0v) is 21.6. The van der Waals surface area contributed by atoms with E-state index in [4.69, 9.17) is 16.3 Å². The van der Waals surface area contributed by atoms with Gasteiger partial charge in [0.2, 0.25) is 11.8 Å². The summed E-state index contributed by atoms with van der Waals surface area (Å²) in [5, 5.41) is 6.09. The van der Waals surface area contributed by atoms with Crippen molar-refractivity contribution in [1.82, 2.24) is 4.98 Å². The van der Waals surface area contributed by atoms with E-state index in [1.165, 1.54) is 11.3 Å². The molecule has 1 aliphatic rings. The molecule has 0 aliphatic carbocycles. The van der Waals surface area contributed by atoms with Crippen molar-refractivity contribution in [3.05, 3.63) is 57.4 Å². The van der Waals surface area contributed by atoms with Gasteiger partial charge in [-0.2, -0.15) is 0 Å². The van der Waals surface area contributed by atoms with Gasteiger partial charge in [-0.25, -0.2) is 4.98 Å². The minimum atomic E-state index is -0.571. The van der Waals surface area contributed by atoms with E-state index in [-0.39, 0.29) is 11.8 Å². The van der Waals surface area contributed by atoms with Gasteiger partial charge in [-0.3, -0.25) is 9.59 Å². The van der Waals surface area contributed by atoms with Crippen LogP contribution in [-0.2, 0) is 15.0 Å². The largest absolute Gasteiger partial charge is 0.494 e. The van der Waals surface area contributed by atoms with Crippen LogP contribution in [0.25, 0.3) is 11.3 Å². The highest BCUT2D eigenvalue weighted by molar-refractivity contribution is 7.14. The molecule has 1 N–H and O–H groups in total. The maximum absolute atomic E-state index is 12.5. The Hall–Kier alpha value is -2.90. The number of nitrogens with zero attached hydrogens (tertiary/aromatic N) is 2. The second-order valence-electron chi connectivity index (χ2n) is 9.13. The molecule has 0 saturated carbocycles. The fourth-order valence-electron chi connectivity index (χ4n) is 4.19.